The Morgan fingerprint density at radius 2 is 1.89 bits per heavy atom. The van der Waals surface area contributed by atoms with Gasteiger partial charge in [-0.3, -0.25) is 4.79 Å². The molecule has 0 fully saturated rings. The van der Waals surface area contributed by atoms with E-state index in [4.69, 9.17) is 16.3 Å². The third kappa shape index (κ3) is 2.78. The molecule has 27 heavy (non-hydrogen) atoms. The normalized spacial score (nSPS) is 11.2. The monoisotopic (exact) mass is 381 g/mol. The van der Waals surface area contributed by atoms with Crippen LogP contribution < -0.4 is 4.74 Å². The van der Waals surface area contributed by atoms with Crippen molar-refractivity contribution < 1.29 is 14.6 Å². The van der Waals surface area contributed by atoms with E-state index in [0.29, 0.717) is 16.6 Å². The highest BCUT2D eigenvalue weighted by Gasteiger charge is 2.21. The number of fused-ring (bicyclic) bond motifs is 2. The highest BCUT2D eigenvalue weighted by atomic mass is 35.5. The van der Waals surface area contributed by atoms with Crippen molar-refractivity contribution in [2.24, 2.45) is 0 Å². The van der Waals surface area contributed by atoms with Crippen molar-refractivity contribution in [2.75, 3.05) is 7.11 Å². The van der Waals surface area contributed by atoms with Gasteiger partial charge in [-0.15, -0.1) is 10.2 Å². The van der Waals surface area contributed by atoms with Crippen LogP contribution in [0.15, 0.2) is 42.5 Å². The predicted octanol–water partition coefficient (Wildman–Crippen LogP) is 4.31. The molecule has 1 N–H and O–H groups in total. The Balaban J connectivity index is 2.12. The summed E-state index contributed by atoms with van der Waals surface area (Å²) in [6, 6.07) is 13.2. The first-order chi connectivity index (χ1) is 13.0. The zero-order valence-corrected chi connectivity index (χ0v) is 15.5. The molecule has 2 heterocycles. The molecule has 136 valence electrons. The molecule has 0 atom stereocenters. The molecule has 4 aromatic rings. The summed E-state index contributed by atoms with van der Waals surface area (Å²) < 4.78 is 7.13. The Bertz CT molecular complexity index is 1200. The van der Waals surface area contributed by atoms with Crippen molar-refractivity contribution in [3.63, 3.8) is 0 Å². The molecule has 2 aromatic carbocycles. The summed E-state index contributed by atoms with van der Waals surface area (Å²) in [4.78, 5) is 11.4. The average Bonchev–Trinajstić information content (AvgIpc) is 2.93. The summed E-state index contributed by atoms with van der Waals surface area (Å²) in [5.74, 6) is -0.230. The summed E-state index contributed by atoms with van der Waals surface area (Å²) in [6.45, 7) is 1.74. The lowest BCUT2D eigenvalue weighted by Gasteiger charge is -2.08. The fraction of sp³-hybridized carbons (Fsp3) is 0.150. The minimum absolute atomic E-state index is 0.145. The number of rotatable bonds is 4. The first kappa shape index (κ1) is 17.3. The average molecular weight is 382 g/mol. The third-order valence-corrected chi connectivity index (χ3v) is 4.98. The lowest BCUT2D eigenvalue weighted by atomic mass is 10.0. The van der Waals surface area contributed by atoms with Crippen LogP contribution in [0.3, 0.4) is 0 Å². The van der Waals surface area contributed by atoms with Gasteiger partial charge >= 0.3 is 5.97 Å². The van der Waals surface area contributed by atoms with Crippen molar-refractivity contribution in [2.45, 2.75) is 13.5 Å². The van der Waals surface area contributed by atoms with Gasteiger partial charge in [-0.25, -0.2) is 0 Å². The molecule has 6 nitrogen and oxygen atoms in total. The van der Waals surface area contributed by atoms with Crippen molar-refractivity contribution in [1.29, 1.82) is 0 Å². The van der Waals surface area contributed by atoms with Gasteiger partial charge in [0.15, 0.2) is 5.15 Å². The molecular formula is C20H16ClN3O3. The molecule has 0 aliphatic carbocycles. The van der Waals surface area contributed by atoms with Crippen LogP contribution in [0.2, 0.25) is 5.15 Å². The second-order valence-electron chi connectivity index (χ2n) is 6.21. The largest absolute Gasteiger partial charge is 0.497 e. The Labute approximate surface area is 160 Å². The molecule has 0 aliphatic heterocycles. The SMILES string of the molecule is COc1ccc2c(c1)c(-c1nnc(Cl)c3ccccc13)c(C)n2CC(=O)O. The van der Waals surface area contributed by atoms with Crippen LogP contribution >= 0.6 is 11.6 Å². The minimum atomic E-state index is -0.913. The molecule has 0 amide bonds. The van der Waals surface area contributed by atoms with Gasteiger partial charge < -0.3 is 14.4 Å². The van der Waals surface area contributed by atoms with Crippen LogP contribution in [0.25, 0.3) is 32.9 Å². The van der Waals surface area contributed by atoms with Gasteiger partial charge in [0.25, 0.3) is 0 Å². The maximum absolute atomic E-state index is 11.4. The fourth-order valence-electron chi connectivity index (χ4n) is 3.48. The van der Waals surface area contributed by atoms with Gasteiger partial charge in [0.05, 0.1) is 7.11 Å². The molecule has 0 saturated carbocycles. The van der Waals surface area contributed by atoms with E-state index in [1.807, 2.05) is 49.4 Å². The number of aromatic nitrogens is 3. The van der Waals surface area contributed by atoms with E-state index in [9.17, 15) is 9.90 Å². The number of nitrogens with zero attached hydrogens (tertiary/aromatic N) is 3. The molecule has 0 aliphatic rings. The number of carbonyl (C=O) groups is 1. The summed E-state index contributed by atoms with van der Waals surface area (Å²) in [5, 5.41) is 20.6. The van der Waals surface area contributed by atoms with Crippen molar-refractivity contribution >= 4 is 39.2 Å². The van der Waals surface area contributed by atoms with E-state index >= 15 is 0 Å². The lowest BCUT2D eigenvalue weighted by molar-refractivity contribution is -0.137. The number of carboxylic acids is 1. The summed E-state index contributed by atoms with van der Waals surface area (Å²) in [6.07, 6.45) is 0. The van der Waals surface area contributed by atoms with Crippen LogP contribution in [0.4, 0.5) is 0 Å². The number of hydrogen-bond donors (Lipinski definition) is 1. The van der Waals surface area contributed by atoms with Crippen LogP contribution in [0.5, 0.6) is 5.75 Å². The summed E-state index contributed by atoms with van der Waals surface area (Å²) in [7, 11) is 1.60. The Morgan fingerprint density at radius 1 is 1.15 bits per heavy atom. The maximum atomic E-state index is 11.4. The second-order valence-corrected chi connectivity index (χ2v) is 6.57. The molecule has 0 unspecified atom stereocenters. The second kappa shape index (κ2) is 6.55. The van der Waals surface area contributed by atoms with Crippen LogP contribution in [0, 0.1) is 6.92 Å². The predicted molar refractivity (Wildman–Crippen MR) is 104 cm³/mol. The van der Waals surface area contributed by atoms with Crippen molar-refractivity contribution in [3.8, 4) is 17.0 Å². The van der Waals surface area contributed by atoms with E-state index in [0.717, 1.165) is 32.9 Å². The molecule has 0 bridgehead atoms. The zero-order chi connectivity index (χ0) is 19.1. The van der Waals surface area contributed by atoms with Crippen LogP contribution in [-0.2, 0) is 11.3 Å². The van der Waals surface area contributed by atoms with Gasteiger partial charge in [-0.05, 0) is 25.1 Å². The number of hydrogen-bond acceptors (Lipinski definition) is 4. The number of aliphatic carboxylic acids is 1. The molecule has 0 radical (unpaired) electrons. The highest BCUT2D eigenvalue weighted by molar-refractivity contribution is 6.34. The number of halogens is 1. The van der Waals surface area contributed by atoms with Crippen LogP contribution in [-0.4, -0.2) is 33.0 Å². The number of carboxylic acid groups (broad SMARTS) is 1. The minimum Gasteiger partial charge on any atom is -0.497 e. The Hall–Kier alpha value is -3.12. The summed E-state index contributed by atoms with van der Waals surface area (Å²) >= 11 is 6.22. The van der Waals surface area contributed by atoms with Gasteiger partial charge in [0.2, 0.25) is 0 Å². The first-order valence-electron chi connectivity index (χ1n) is 8.31. The van der Waals surface area contributed by atoms with E-state index in [2.05, 4.69) is 10.2 Å². The van der Waals surface area contributed by atoms with Crippen molar-refractivity contribution in [1.82, 2.24) is 14.8 Å². The lowest BCUT2D eigenvalue weighted by Crippen LogP contribution is -2.10. The van der Waals surface area contributed by atoms with E-state index in [1.54, 1.807) is 11.7 Å². The van der Waals surface area contributed by atoms with Gasteiger partial charge in [-0.2, -0.15) is 0 Å². The quantitative estimate of drug-likeness (QED) is 0.570. The van der Waals surface area contributed by atoms with Crippen LogP contribution in [0.1, 0.15) is 5.69 Å². The van der Waals surface area contributed by atoms with Gasteiger partial charge in [-0.1, -0.05) is 35.9 Å². The standard InChI is InChI=1S/C20H16ClN3O3/c1-11-18(19-13-5-3-4-6-14(13)20(21)23-22-19)15-9-12(27-2)7-8-16(15)24(11)10-17(25)26/h3-9H,10H2,1-2H3,(H,25,26). The Kier molecular flexibility index (Phi) is 4.20. The molecule has 0 saturated heterocycles. The Morgan fingerprint density at radius 3 is 2.59 bits per heavy atom. The third-order valence-electron chi connectivity index (χ3n) is 4.70. The first-order valence-corrected chi connectivity index (χ1v) is 8.69. The van der Waals surface area contributed by atoms with Gasteiger partial charge in [0.1, 0.15) is 18.0 Å². The number of benzene rings is 2. The molecule has 0 spiro atoms. The maximum Gasteiger partial charge on any atom is 0.323 e. The smallest absolute Gasteiger partial charge is 0.323 e. The molecule has 4 rings (SSSR count). The number of ether oxygens (including phenoxy) is 1. The molecule has 7 heteroatoms. The van der Waals surface area contributed by atoms with E-state index in [-0.39, 0.29) is 6.54 Å². The summed E-state index contributed by atoms with van der Waals surface area (Å²) in [5.41, 5.74) is 3.08. The fourth-order valence-corrected chi connectivity index (χ4v) is 3.68. The van der Waals surface area contributed by atoms with E-state index < -0.39 is 5.97 Å². The zero-order valence-electron chi connectivity index (χ0n) is 14.7. The molecule has 2 aromatic heterocycles. The number of methoxy groups -OCH3 is 1. The highest BCUT2D eigenvalue weighted by Crippen LogP contribution is 2.39. The van der Waals surface area contributed by atoms with E-state index in [1.165, 1.54) is 0 Å². The van der Waals surface area contributed by atoms with Gasteiger partial charge in [0, 0.05) is 32.9 Å². The van der Waals surface area contributed by atoms with Crippen molar-refractivity contribution in [3.05, 3.63) is 53.3 Å². The molecular weight excluding hydrogens is 366 g/mol. The topological polar surface area (TPSA) is 77.2 Å².